The van der Waals surface area contributed by atoms with Gasteiger partial charge in [0.25, 0.3) is 5.91 Å². The number of nitrogens with zero attached hydrogens (tertiary/aromatic N) is 1. The third kappa shape index (κ3) is 5.98. The monoisotopic (exact) mass is 550 g/mol. The van der Waals surface area contributed by atoms with Crippen molar-refractivity contribution in [2.75, 3.05) is 39.0 Å². The summed E-state index contributed by atoms with van der Waals surface area (Å²) in [4.78, 5) is 54.6. The smallest absolute Gasteiger partial charge is 0.409 e. The number of nitrogens with one attached hydrogen (secondary N) is 3. The highest BCUT2D eigenvalue weighted by Crippen LogP contribution is 2.44. The van der Waals surface area contributed by atoms with Crippen LogP contribution in [0, 0.1) is 5.41 Å². The Balaban J connectivity index is 1.50. The first-order valence-electron chi connectivity index (χ1n) is 13.1. The van der Waals surface area contributed by atoms with Crippen LogP contribution in [0.4, 0.5) is 4.79 Å². The zero-order chi connectivity index (χ0) is 26.8. The highest BCUT2D eigenvalue weighted by Gasteiger charge is 2.44. The number of ether oxygens (including phenoxy) is 1. The summed E-state index contributed by atoms with van der Waals surface area (Å²) in [5.74, 6) is -0.362. The lowest BCUT2D eigenvalue weighted by Crippen LogP contribution is -2.64. The van der Waals surface area contributed by atoms with E-state index in [0.29, 0.717) is 81.8 Å². The van der Waals surface area contributed by atoms with Gasteiger partial charge in [0, 0.05) is 31.1 Å². The molecule has 2 aliphatic heterocycles. The number of Topliss-reactive ketones (excluding diaryl/α,β-unsaturated/α-hetero) is 1. The number of thiophene rings is 1. The minimum Gasteiger partial charge on any atom is -0.450 e. The minimum absolute atomic E-state index is 0.0714. The summed E-state index contributed by atoms with van der Waals surface area (Å²) in [5.41, 5.74) is 0.284. The third-order valence-corrected chi connectivity index (χ3v) is 9.89. The summed E-state index contributed by atoms with van der Waals surface area (Å²) in [6.07, 6.45) is 4.99. The molecule has 9 nitrogen and oxygen atoms in total. The lowest BCUT2D eigenvalue weighted by molar-refractivity contribution is -0.129. The number of thioether (sulfide) groups is 1. The van der Waals surface area contributed by atoms with Crippen LogP contribution in [0.5, 0.6) is 0 Å². The van der Waals surface area contributed by atoms with Crippen LogP contribution in [-0.2, 0) is 16.0 Å². The number of ketones is 1. The second-order valence-corrected chi connectivity index (χ2v) is 13.0. The molecule has 1 aliphatic carbocycles. The normalized spacial score (nSPS) is 21.2. The van der Waals surface area contributed by atoms with Crippen molar-refractivity contribution in [2.45, 2.75) is 75.1 Å². The summed E-state index contributed by atoms with van der Waals surface area (Å²) < 4.78 is 5.96. The molecule has 2 saturated heterocycles. The molecule has 0 unspecified atom stereocenters. The van der Waals surface area contributed by atoms with Gasteiger partial charge in [-0.3, -0.25) is 14.4 Å². The van der Waals surface area contributed by atoms with Crippen LogP contribution in [0.15, 0.2) is 4.21 Å². The molecular weight excluding hydrogens is 512 g/mol. The molecule has 3 aliphatic rings. The number of hydrogen-bond donors (Lipinski definition) is 3. The van der Waals surface area contributed by atoms with E-state index in [4.69, 9.17) is 4.74 Å². The van der Waals surface area contributed by atoms with Gasteiger partial charge >= 0.3 is 6.09 Å². The Bertz CT molecular complexity index is 1060. The molecule has 3 heterocycles. The fraction of sp³-hybridized carbons (Fsp3) is 0.692. The largest absolute Gasteiger partial charge is 0.450 e. The van der Waals surface area contributed by atoms with E-state index in [2.05, 4.69) is 29.8 Å². The molecule has 0 aromatic carbocycles. The number of likely N-dealkylation sites (tertiary alicyclic amines) is 1. The molecule has 2 fully saturated rings. The molecule has 0 atom stereocenters. The Kier molecular flexibility index (Phi) is 8.55. The molecule has 3 N–H and O–H groups in total. The van der Waals surface area contributed by atoms with Gasteiger partial charge in [-0.15, -0.1) is 23.1 Å². The number of carbonyl (C=O) groups is 4. The Morgan fingerprint density at radius 1 is 1.16 bits per heavy atom. The van der Waals surface area contributed by atoms with Gasteiger partial charge in [0.15, 0.2) is 5.78 Å². The molecule has 204 valence electrons. The van der Waals surface area contributed by atoms with Crippen molar-refractivity contribution in [1.29, 1.82) is 0 Å². The summed E-state index contributed by atoms with van der Waals surface area (Å²) in [6.45, 7) is 8.52. The van der Waals surface area contributed by atoms with Crippen molar-refractivity contribution in [3.05, 3.63) is 16.0 Å². The van der Waals surface area contributed by atoms with E-state index < -0.39 is 5.54 Å². The third-order valence-electron chi connectivity index (χ3n) is 7.54. The van der Waals surface area contributed by atoms with E-state index in [1.54, 1.807) is 11.8 Å². The predicted molar refractivity (Wildman–Crippen MR) is 145 cm³/mol. The summed E-state index contributed by atoms with van der Waals surface area (Å²) in [5, 5.41) is 9.57. The highest BCUT2D eigenvalue weighted by atomic mass is 32.2. The van der Waals surface area contributed by atoms with Gasteiger partial charge in [0.05, 0.1) is 15.7 Å². The number of rotatable bonds is 6. The van der Waals surface area contributed by atoms with Gasteiger partial charge in [-0.05, 0) is 69.4 Å². The maximum atomic E-state index is 13.7. The van der Waals surface area contributed by atoms with Crippen molar-refractivity contribution in [1.82, 2.24) is 20.9 Å². The number of piperidine rings is 2. The number of carbonyl (C=O) groups excluding carboxylic acids is 4. The Morgan fingerprint density at radius 3 is 2.46 bits per heavy atom. The van der Waals surface area contributed by atoms with Crippen LogP contribution < -0.4 is 16.0 Å². The molecular formula is C26H38N4O5S2. The second-order valence-electron chi connectivity index (χ2n) is 10.9. The Hall–Kier alpha value is -2.11. The molecule has 1 aromatic heterocycles. The van der Waals surface area contributed by atoms with Crippen molar-refractivity contribution < 1.29 is 23.9 Å². The van der Waals surface area contributed by atoms with E-state index in [9.17, 15) is 19.2 Å². The molecule has 11 heteroatoms. The molecule has 0 saturated carbocycles. The first kappa shape index (κ1) is 27.9. The number of hydrogen-bond acceptors (Lipinski definition) is 8. The standard InChI is InChI=1S/C26H38N4O5S2/c1-5-35-24(34)30-12-6-16(7-13-30)28-23(33)26(8-10-27-11-9-26)29-21(32)20-17-14-25(2,3)15-18(31)19(17)22(36-4)37-20/h16,27H,5-15H2,1-4H3,(H,28,33)(H,29,32). The summed E-state index contributed by atoms with van der Waals surface area (Å²) in [7, 11) is 0. The molecule has 1 aromatic rings. The van der Waals surface area contributed by atoms with Crippen LogP contribution in [0.25, 0.3) is 0 Å². The van der Waals surface area contributed by atoms with Crippen molar-refractivity contribution in [3.63, 3.8) is 0 Å². The number of fused-ring (bicyclic) bond motifs is 1. The van der Waals surface area contributed by atoms with Crippen LogP contribution >= 0.6 is 23.1 Å². The van der Waals surface area contributed by atoms with E-state index in [1.165, 1.54) is 23.1 Å². The van der Waals surface area contributed by atoms with Gasteiger partial charge in [-0.25, -0.2) is 4.79 Å². The van der Waals surface area contributed by atoms with E-state index in [-0.39, 0.29) is 35.1 Å². The Morgan fingerprint density at radius 2 is 1.84 bits per heavy atom. The van der Waals surface area contributed by atoms with Gasteiger partial charge in [-0.2, -0.15) is 0 Å². The fourth-order valence-corrected chi connectivity index (χ4v) is 7.56. The molecule has 4 rings (SSSR count). The van der Waals surface area contributed by atoms with Crippen LogP contribution in [-0.4, -0.2) is 79.2 Å². The second kappa shape index (κ2) is 11.3. The summed E-state index contributed by atoms with van der Waals surface area (Å²) >= 11 is 2.86. The summed E-state index contributed by atoms with van der Waals surface area (Å²) in [6, 6.07) is -0.0714. The topological polar surface area (TPSA) is 117 Å². The fourth-order valence-electron chi connectivity index (χ4n) is 5.57. The van der Waals surface area contributed by atoms with Crippen LogP contribution in [0.2, 0.25) is 0 Å². The van der Waals surface area contributed by atoms with E-state index >= 15 is 0 Å². The molecule has 0 spiro atoms. The maximum Gasteiger partial charge on any atom is 0.409 e. The zero-order valence-corrected chi connectivity index (χ0v) is 23.8. The van der Waals surface area contributed by atoms with Crippen LogP contribution in [0.1, 0.15) is 78.5 Å². The van der Waals surface area contributed by atoms with Gasteiger partial charge in [-0.1, -0.05) is 13.8 Å². The lowest BCUT2D eigenvalue weighted by Gasteiger charge is -2.39. The quantitative estimate of drug-likeness (QED) is 0.466. The molecule has 37 heavy (non-hydrogen) atoms. The maximum absolute atomic E-state index is 13.7. The van der Waals surface area contributed by atoms with Gasteiger partial charge in [0.1, 0.15) is 5.54 Å². The molecule has 0 bridgehead atoms. The van der Waals surface area contributed by atoms with Crippen LogP contribution in [0.3, 0.4) is 0 Å². The first-order chi connectivity index (χ1) is 17.6. The average molecular weight is 551 g/mol. The van der Waals surface area contributed by atoms with E-state index in [0.717, 1.165) is 9.77 Å². The minimum atomic E-state index is -1.02. The average Bonchev–Trinajstić information content (AvgIpc) is 3.23. The molecule has 3 amide bonds. The zero-order valence-electron chi connectivity index (χ0n) is 22.2. The predicted octanol–water partition coefficient (Wildman–Crippen LogP) is 3.21. The Labute approximate surface area is 226 Å². The first-order valence-corrected chi connectivity index (χ1v) is 15.1. The highest BCUT2D eigenvalue weighted by molar-refractivity contribution is 8.00. The number of amides is 3. The van der Waals surface area contributed by atoms with Crippen molar-refractivity contribution in [3.8, 4) is 0 Å². The van der Waals surface area contributed by atoms with Gasteiger partial charge < -0.3 is 25.6 Å². The van der Waals surface area contributed by atoms with Gasteiger partial charge in [0.2, 0.25) is 5.91 Å². The van der Waals surface area contributed by atoms with Crippen molar-refractivity contribution in [2.24, 2.45) is 5.41 Å². The lowest BCUT2D eigenvalue weighted by atomic mass is 9.74. The van der Waals surface area contributed by atoms with E-state index in [1.807, 2.05) is 6.26 Å². The SMILES string of the molecule is CCOC(=O)N1CCC(NC(=O)C2(NC(=O)c3sc(SC)c4c3CC(C)(C)CC4=O)CCNCC2)CC1. The van der Waals surface area contributed by atoms with Crippen molar-refractivity contribution >= 4 is 46.8 Å². The molecule has 0 radical (unpaired) electrons.